The second-order valence-corrected chi connectivity index (χ2v) is 9.72. The van der Waals surface area contributed by atoms with E-state index in [4.69, 9.17) is 0 Å². The Morgan fingerprint density at radius 1 is 1.24 bits per heavy atom. The molecule has 0 aliphatic carbocycles. The zero-order valence-electron chi connectivity index (χ0n) is 15.1. The molecule has 0 unspecified atom stereocenters. The Morgan fingerprint density at radius 2 is 1.88 bits per heavy atom. The molecule has 1 aromatic rings. The van der Waals surface area contributed by atoms with Crippen LogP contribution >= 0.6 is 0 Å². The van der Waals surface area contributed by atoms with Crippen LogP contribution in [0.2, 0.25) is 0 Å². The van der Waals surface area contributed by atoms with Gasteiger partial charge in [-0.2, -0.15) is 0 Å². The predicted octanol–water partition coefficient (Wildman–Crippen LogP) is 2.19. The average molecular weight is 362 g/mol. The van der Waals surface area contributed by atoms with Crippen LogP contribution in [-0.2, 0) is 21.2 Å². The lowest BCUT2D eigenvalue weighted by molar-refractivity contribution is -0.119. The molecular weight excluding hydrogens is 336 g/mol. The number of hydrogen-bond donors (Lipinski definition) is 1. The van der Waals surface area contributed by atoms with Crippen LogP contribution in [0.15, 0.2) is 30.3 Å². The summed E-state index contributed by atoms with van der Waals surface area (Å²) in [6.07, 6.45) is 5.03. The van der Waals surface area contributed by atoms with Gasteiger partial charge in [-0.1, -0.05) is 24.3 Å². The van der Waals surface area contributed by atoms with Crippen molar-refractivity contribution in [2.24, 2.45) is 5.92 Å². The molecule has 0 atom stereocenters. The summed E-state index contributed by atoms with van der Waals surface area (Å²) in [6.45, 7) is 5.11. The molecule has 1 saturated heterocycles. The van der Waals surface area contributed by atoms with Crippen molar-refractivity contribution in [2.45, 2.75) is 38.6 Å². The summed E-state index contributed by atoms with van der Waals surface area (Å²) in [6, 6.07) is 8.17. The minimum absolute atomic E-state index is 0.0863. The van der Waals surface area contributed by atoms with E-state index in [0.29, 0.717) is 25.9 Å². The van der Waals surface area contributed by atoms with E-state index in [0.717, 1.165) is 17.7 Å². The number of piperidine rings is 1. The Hall–Kier alpha value is -1.66. The molecule has 6 heteroatoms. The molecular formula is C19H26N2O3S. The fourth-order valence-electron chi connectivity index (χ4n) is 3.74. The van der Waals surface area contributed by atoms with Crippen molar-refractivity contribution >= 4 is 21.5 Å². The van der Waals surface area contributed by atoms with Crippen LogP contribution in [0.1, 0.15) is 37.8 Å². The highest BCUT2D eigenvalue weighted by atomic mass is 32.2. The van der Waals surface area contributed by atoms with Gasteiger partial charge in [0.25, 0.3) is 0 Å². The topological polar surface area (TPSA) is 66.5 Å². The summed E-state index contributed by atoms with van der Waals surface area (Å²) in [5.74, 6) is -0.0207. The Kier molecular flexibility index (Phi) is 4.77. The normalized spacial score (nSPS) is 23.1. The van der Waals surface area contributed by atoms with Crippen LogP contribution < -0.4 is 5.32 Å². The number of rotatable bonds is 3. The largest absolute Gasteiger partial charge is 0.379 e. The van der Waals surface area contributed by atoms with Crippen molar-refractivity contribution in [3.63, 3.8) is 0 Å². The summed E-state index contributed by atoms with van der Waals surface area (Å²) < 4.78 is 24.7. The highest BCUT2D eigenvalue weighted by Crippen LogP contribution is 2.30. The highest BCUT2D eigenvalue weighted by Gasteiger charge is 2.31. The first kappa shape index (κ1) is 18.1. The van der Waals surface area contributed by atoms with E-state index in [1.807, 2.05) is 18.2 Å². The van der Waals surface area contributed by atoms with Gasteiger partial charge in [0.1, 0.15) is 0 Å². The van der Waals surface area contributed by atoms with E-state index in [1.54, 1.807) is 6.08 Å². The molecule has 2 aliphatic rings. The zero-order chi connectivity index (χ0) is 18.2. The number of benzene rings is 1. The number of nitrogens with zero attached hydrogens (tertiary/aromatic N) is 1. The molecule has 1 N–H and O–H groups in total. The van der Waals surface area contributed by atoms with Gasteiger partial charge in [0.15, 0.2) is 5.78 Å². The SMILES string of the molecule is CC1(C)Cc2ccccc2C(=CC(=O)C2CCN(S(C)(=O)=O)CC2)N1. The van der Waals surface area contributed by atoms with Gasteiger partial charge < -0.3 is 5.32 Å². The summed E-state index contributed by atoms with van der Waals surface area (Å²) in [5.41, 5.74) is 3.11. The third kappa shape index (κ3) is 4.12. The molecule has 136 valence electrons. The minimum atomic E-state index is -3.16. The first-order valence-corrected chi connectivity index (χ1v) is 10.6. The lowest BCUT2D eigenvalue weighted by atomic mass is 9.84. The van der Waals surface area contributed by atoms with E-state index in [1.165, 1.54) is 16.1 Å². The molecule has 0 saturated carbocycles. The Balaban J connectivity index is 1.78. The Labute approximate surface area is 150 Å². The van der Waals surface area contributed by atoms with Crippen LogP contribution in [0, 0.1) is 5.92 Å². The van der Waals surface area contributed by atoms with E-state index in [-0.39, 0.29) is 17.2 Å². The molecule has 2 aliphatic heterocycles. The van der Waals surface area contributed by atoms with Crippen LogP contribution in [0.3, 0.4) is 0 Å². The quantitative estimate of drug-likeness (QED) is 0.837. The fourth-order valence-corrected chi connectivity index (χ4v) is 4.61. The second kappa shape index (κ2) is 6.57. The number of ketones is 1. The number of carbonyl (C=O) groups excluding carboxylic acids is 1. The Bertz CT molecular complexity index is 804. The summed E-state index contributed by atoms with van der Waals surface area (Å²) in [4.78, 5) is 12.8. The van der Waals surface area contributed by atoms with Gasteiger partial charge in [-0.3, -0.25) is 4.79 Å². The van der Waals surface area contributed by atoms with Gasteiger partial charge in [0.2, 0.25) is 10.0 Å². The maximum Gasteiger partial charge on any atom is 0.211 e. The minimum Gasteiger partial charge on any atom is -0.379 e. The molecule has 25 heavy (non-hydrogen) atoms. The van der Waals surface area contributed by atoms with Gasteiger partial charge in [-0.25, -0.2) is 12.7 Å². The maximum atomic E-state index is 12.8. The summed E-state index contributed by atoms with van der Waals surface area (Å²) in [5, 5.41) is 3.49. The smallest absolute Gasteiger partial charge is 0.211 e. The van der Waals surface area contributed by atoms with Crippen LogP contribution in [0.25, 0.3) is 5.70 Å². The molecule has 1 aromatic carbocycles. The molecule has 0 amide bonds. The van der Waals surface area contributed by atoms with E-state index in [9.17, 15) is 13.2 Å². The van der Waals surface area contributed by atoms with Gasteiger partial charge in [-0.05, 0) is 38.7 Å². The predicted molar refractivity (Wildman–Crippen MR) is 99.5 cm³/mol. The van der Waals surface area contributed by atoms with Gasteiger partial charge in [0.05, 0.1) is 6.26 Å². The molecule has 0 bridgehead atoms. The monoisotopic (exact) mass is 362 g/mol. The molecule has 1 fully saturated rings. The molecule has 0 radical (unpaired) electrons. The van der Waals surface area contributed by atoms with Crippen molar-refractivity contribution < 1.29 is 13.2 Å². The number of nitrogens with one attached hydrogen (secondary N) is 1. The third-order valence-corrected chi connectivity index (χ3v) is 6.33. The van der Waals surface area contributed by atoms with Crippen LogP contribution in [0.5, 0.6) is 0 Å². The van der Waals surface area contributed by atoms with Gasteiger partial charge in [-0.15, -0.1) is 0 Å². The van der Waals surface area contributed by atoms with Crippen molar-refractivity contribution in [3.05, 3.63) is 41.5 Å². The molecule has 0 spiro atoms. The summed E-state index contributed by atoms with van der Waals surface area (Å²) >= 11 is 0. The van der Waals surface area contributed by atoms with E-state index in [2.05, 4.69) is 25.2 Å². The lowest BCUT2D eigenvalue weighted by Crippen LogP contribution is -2.44. The fraction of sp³-hybridized carbons (Fsp3) is 0.526. The molecule has 2 heterocycles. The second-order valence-electron chi connectivity index (χ2n) is 7.74. The van der Waals surface area contributed by atoms with Gasteiger partial charge in [0, 0.05) is 41.9 Å². The van der Waals surface area contributed by atoms with Crippen LogP contribution in [-0.4, -0.2) is 43.4 Å². The van der Waals surface area contributed by atoms with E-state index >= 15 is 0 Å². The van der Waals surface area contributed by atoms with Crippen molar-refractivity contribution in [3.8, 4) is 0 Å². The molecule has 5 nitrogen and oxygen atoms in total. The lowest BCUT2D eigenvalue weighted by Gasteiger charge is -2.36. The van der Waals surface area contributed by atoms with Crippen molar-refractivity contribution in [1.29, 1.82) is 0 Å². The van der Waals surface area contributed by atoms with Crippen molar-refractivity contribution in [2.75, 3.05) is 19.3 Å². The standard InChI is InChI=1S/C19H26N2O3S/c1-19(2)13-15-6-4-5-7-16(15)17(20-19)12-18(22)14-8-10-21(11-9-14)25(3,23)24/h4-7,12,14,20H,8-11,13H2,1-3H3. The van der Waals surface area contributed by atoms with E-state index < -0.39 is 10.0 Å². The van der Waals surface area contributed by atoms with Gasteiger partial charge >= 0.3 is 0 Å². The first-order chi connectivity index (χ1) is 11.7. The number of fused-ring (bicyclic) bond motifs is 1. The maximum absolute atomic E-state index is 12.8. The highest BCUT2D eigenvalue weighted by molar-refractivity contribution is 7.88. The Morgan fingerprint density at radius 3 is 2.52 bits per heavy atom. The molecule has 3 rings (SSSR count). The number of sulfonamides is 1. The number of carbonyl (C=O) groups is 1. The van der Waals surface area contributed by atoms with Crippen molar-refractivity contribution in [1.82, 2.24) is 9.62 Å². The third-order valence-electron chi connectivity index (χ3n) is 5.02. The first-order valence-electron chi connectivity index (χ1n) is 8.73. The zero-order valence-corrected chi connectivity index (χ0v) is 15.9. The number of hydrogen-bond acceptors (Lipinski definition) is 4. The number of allylic oxidation sites excluding steroid dienone is 1. The average Bonchev–Trinajstić information content (AvgIpc) is 2.53. The molecule has 0 aromatic heterocycles. The van der Waals surface area contributed by atoms with Crippen LogP contribution in [0.4, 0.5) is 0 Å². The summed E-state index contributed by atoms with van der Waals surface area (Å²) in [7, 11) is -3.16.